The monoisotopic (exact) mass is 282 g/mol. The van der Waals surface area contributed by atoms with Crippen LogP contribution in [0, 0.1) is 5.82 Å². The Kier molecular flexibility index (Phi) is 4.12. The minimum atomic E-state index is -2.02. The number of ether oxygens (including phenoxy) is 1. The van der Waals surface area contributed by atoms with Crippen molar-refractivity contribution >= 4 is 16.8 Å². The van der Waals surface area contributed by atoms with Gasteiger partial charge in [-0.25, -0.2) is 4.39 Å². The minimum Gasteiger partial charge on any atom is -0.455 e. The smallest absolute Gasteiger partial charge is 0.267 e. The van der Waals surface area contributed by atoms with Crippen LogP contribution in [-0.4, -0.2) is 5.24 Å². The van der Waals surface area contributed by atoms with Gasteiger partial charge in [-0.05, 0) is 35.9 Å². The molecule has 2 nitrogen and oxygen atoms in total. The number of carbonyl (C=O) groups is 1. The number of carbonyl (C=O) groups excluding carboxylic acids is 1. The van der Waals surface area contributed by atoms with Crippen molar-refractivity contribution in [3.63, 3.8) is 0 Å². The Morgan fingerprint density at radius 1 is 1.11 bits per heavy atom. The van der Waals surface area contributed by atoms with Gasteiger partial charge in [-0.3, -0.25) is 4.79 Å². The molecule has 0 aromatic heterocycles. The molecule has 98 valence electrons. The highest BCUT2D eigenvalue weighted by molar-refractivity contribution is 6.68. The molecular weight excluding hydrogens is 274 g/mol. The van der Waals surface area contributed by atoms with E-state index in [1.54, 1.807) is 12.1 Å². The van der Waals surface area contributed by atoms with Crippen LogP contribution in [0.4, 0.5) is 8.78 Å². The molecule has 0 aliphatic carbocycles. The second-order valence-electron chi connectivity index (χ2n) is 3.73. The summed E-state index contributed by atoms with van der Waals surface area (Å²) in [6.45, 7) is 0. The van der Waals surface area contributed by atoms with Gasteiger partial charge in [0.2, 0.25) is 0 Å². The summed E-state index contributed by atoms with van der Waals surface area (Å²) in [5.74, 6) is -0.747. The molecule has 0 bridgehead atoms. The molecule has 0 fully saturated rings. The third kappa shape index (κ3) is 3.09. The lowest BCUT2D eigenvalue weighted by molar-refractivity contribution is 0.0625. The van der Waals surface area contributed by atoms with Crippen LogP contribution in [0.1, 0.15) is 22.3 Å². The van der Waals surface area contributed by atoms with Gasteiger partial charge in [0.15, 0.2) is 0 Å². The Hall–Kier alpha value is -1.94. The fourth-order valence-corrected chi connectivity index (χ4v) is 1.72. The van der Waals surface area contributed by atoms with Crippen molar-refractivity contribution in [1.82, 2.24) is 0 Å². The Labute approximate surface area is 113 Å². The van der Waals surface area contributed by atoms with E-state index in [1.807, 2.05) is 0 Å². The van der Waals surface area contributed by atoms with Gasteiger partial charge in [0.05, 0.1) is 11.1 Å². The van der Waals surface area contributed by atoms with Crippen molar-refractivity contribution in [1.29, 1.82) is 0 Å². The third-order valence-corrected chi connectivity index (χ3v) is 2.68. The van der Waals surface area contributed by atoms with Gasteiger partial charge in [-0.1, -0.05) is 24.3 Å². The van der Waals surface area contributed by atoms with Gasteiger partial charge in [-0.2, -0.15) is 4.39 Å². The second-order valence-corrected chi connectivity index (χ2v) is 4.07. The van der Waals surface area contributed by atoms with Gasteiger partial charge >= 0.3 is 0 Å². The van der Waals surface area contributed by atoms with Crippen molar-refractivity contribution in [2.24, 2.45) is 0 Å². The van der Waals surface area contributed by atoms with Crippen molar-refractivity contribution in [2.45, 2.75) is 6.36 Å². The summed E-state index contributed by atoms with van der Waals surface area (Å²) in [6, 6.07) is 11.3. The van der Waals surface area contributed by atoms with E-state index in [0.717, 1.165) is 6.07 Å². The molecule has 2 aromatic carbocycles. The topological polar surface area (TPSA) is 26.3 Å². The van der Waals surface area contributed by atoms with Crippen LogP contribution in [0.2, 0.25) is 0 Å². The van der Waals surface area contributed by atoms with E-state index >= 15 is 0 Å². The van der Waals surface area contributed by atoms with E-state index in [9.17, 15) is 13.6 Å². The average Bonchev–Trinajstić information content (AvgIpc) is 2.39. The molecule has 0 radical (unpaired) electrons. The standard InChI is InChI=1S/C14H9ClF2O2/c15-13(18)10-6-2-4-8-12(10)19-14(17)9-5-1-3-7-11(9)16/h1-8,14H. The van der Waals surface area contributed by atoms with Gasteiger partial charge in [0.1, 0.15) is 11.6 Å². The molecule has 0 aliphatic heterocycles. The lowest BCUT2D eigenvalue weighted by atomic mass is 10.2. The van der Waals surface area contributed by atoms with E-state index < -0.39 is 17.4 Å². The van der Waals surface area contributed by atoms with Gasteiger partial charge < -0.3 is 4.74 Å². The van der Waals surface area contributed by atoms with Crippen LogP contribution in [0.5, 0.6) is 5.75 Å². The first-order chi connectivity index (χ1) is 9.09. The number of rotatable bonds is 4. The minimum absolute atomic E-state index is 0.0294. The summed E-state index contributed by atoms with van der Waals surface area (Å²) in [5.41, 5.74) is -0.206. The quantitative estimate of drug-likeness (QED) is 0.784. The molecule has 19 heavy (non-hydrogen) atoms. The predicted molar refractivity (Wildman–Crippen MR) is 67.5 cm³/mol. The maximum absolute atomic E-state index is 13.9. The van der Waals surface area contributed by atoms with Gasteiger partial charge in [0.25, 0.3) is 11.6 Å². The zero-order valence-corrected chi connectivity index (χ0v) is 10.4. The third-order valence-electron chi connectivity index (χ3n) is 2.48. The van der Waals surface area contributed by atoms with Crippen LogP contribution in [-0.2, 0) is 0 Å². The van der Waals surface area contributed by atoms with Crippen molar-refractivity contribution in [3.05, 3.63) is 65.5 Å². The maximum Gasteiger partial charge on any atom is 0.267 e. The summed E-state index contributed by atoms with van der Waals surface area (Å²) < 4.78 is 32.3. The van der Waals surface area contributed by atoms with E-state index in [0.29, 0.717) is 0 Å². The van der Waals surface area contributed by atoms with E-state index in [2.05, 4.69) is 0 Å². The van der Waals surface area contributed by atoms with Gasteiger partial charge in [0, 0.05) is 0 Å². The van der Waals surface area contributed by atoms with E-state index in [-0.39, 0.29) is 16.9 Å². The van der Waals surface area contributed by atoms with Crippen LogP contribution in [0.25, 0.3) is 0 Å². The molecule has 0 aliphatic rings. The molecule has 0 saturated heterocycles. The Morgan fingerprint density at radius 2 is 1.74 bits per heavy atom. The van der Waals surface area contributed by atoms with Crippen molar-refractivity contribution in [2.75, 3.05) is 0 Å². The van der Waals surface area contributed by atoms with Crippen LogP contribution in [0.3, 0.4) is 0 Å². The highest BCUT2D eigenvalue weighted by atomic mass is 35.5. The predicted octanol–water partition coefficient (Wildman–Crippen LogP) is 4.25. The van der Waals surface area contributed by atoms with E-state index in [4.69, 9.17) is 16.3 Å². The molecule has 1 unspecified atom stereocenters. The molecule has 2 rings (SSSR count). The molecule has 0 saturated carbocycles. The van der Waals surface area contributed by atoms with Crippen molar-refractivity contribution in [3.8, 4) is 5.75 Å². The summed E-state index contributed by atoms with van der Waals surface area (Å²) in [7, 11) is 0. The fraction of sp³-hybridized carbons (Fsp3) is 0.0714. The van der Waals surface area contributed by atoms with Crippen LogP contribution >= 0.6 is 11.6 Å². The summed E-state index contributed by atoms with van der Waals surface area (Å²) in [4.78, 5) is 11.1. The Balaban J connectivity index is 2.27. The Morgan fingerprint density at radius 3 is 2.42 bits per heavy atom. The molecule has 0 heterocycles. The second kappa shape index (κ2) is 5.80. The fourth-order valence-electron chi connectivity index (χ4n) is 1.57. The number of benzene rings is 2. The highest BCUT2D eigenvalue weighted by Gasteiger charge is 2.18. The number of alkyl halides is 1. The molecule has 0 spiro atoms. The lowest BCUT2D eigenvalue weighted by Gasteiger charge is -2.14. The number of hydrogen-bond donors (Lipinski definition) is 0. The molecule has 1 atom stereocenters. The van der Waals surface area contributed by atoms with Crippen LogP contribution < -0.4 is 4.74 Å². The maximum atomic E-state index is 13.9. The zero-order chi connectivity index (χ0) is 13.8. The summed E-state index contributed by atoms with van der Waals surface area (Å²) in [6.07, 6.45) is -2.02. The summed E-state index contributed by atoms with van der Waals surface area (Å²) in [5, 5.41) is -0.767. The molecule has 5 heteroatoms. The molecular formula is C14H9ClF2O2. The number of para-hydroxylation sites is 1. The lowest BCUT2D eigenvalue weighted by Crippen LogP contribution is -2.06. The summed E-state index contributed by atoms with van der Waals surface area (Å²) >= 11 is 5.35. The number of hydrogen-bond acceptors (Lipinski definition) is 2. The normalized spacial score (nSPS) is 11.9. The number of halogens is 3. The molecule has 0 amide bonds. The van der Waals surface area contributed by atoms with E-state index in [1.165, 1.54) is 30.3 Å². The zero-order valence-electron chi connectivity index (χ0n) is 9.65. The largest absolute Gasteiger partial charge is 0.455 e. The first-order valence-electron chi connectivity index (χ1n) is 5.43. The SMILES string of the molecule is O=C(Cl)c1ccccc1OC(F)c1ccccc1F. The van der Waals surface area contributed by atoms with Gasteiger partial charge in [-0.15, -0.1) is 0 Å². The first kappa shape index (κ1) is 13.5. The molecule has 0 N–H and O–H groups in total. The highest BCUT2D eigenvalue weighted by Crippen LogP contribution is 2.28. The first-order valence-corrected chi connectivity index (χ1v) is 5.81. The van der Waals surface area contributed by atoms with Crippen molar-refractivity contribution < 1.29 is 18.3 Å². The Bertz CT molecular complexity index is 602. The molecule has 2 aromatic rings. The van der Waals surface area contributed by atoms with Crippen LogP contribution in [0.15, 0.2) is 48.5 Å². The average molecular weight is 283 g/mol.